The zero-order valence-corrected chi connectivity index (χ0v) is 14.7. The molecule has 3 N–H and O–H groups in total. The van der Waals surface area contributed by atoms with Crippen molar-refractivity contribution in [3.05, 3.63) is 50.6 Å². The molecule has 1 unspecified atom stereocenters. The van der Waals surface area contributed by atoms with Gasteiger partial charge in [-0.25, -0.2) is 0 Å². The Balaban J connectivity index is 2.27. The SMILES string of the molecule is CC(C)(C)c1ccc(C(Nc2cccc(Br)c2)C(N)=O)s1. The van der Waals surface area contributed by atoms with Gasteiger partial charge in [-0.2, -0.15) is 0 Å². The Labute approximate surface area is 137 Å². The highest BCUT2D eigenvalue weighted by molar-refractivity contribution is 9.10. The summed E-state index contributed by atoms with van der Waals surface area (Å²) in [6.45, 7) is 6.47. The van der Waals surface area contributed by atoms with Crippen LogP contribution in [0.3, 0.4) is 0 Å². The zero-order valence-electron chi connectivity index (χ0n) is 12.3. The van der Waals surface area contributed by atoms with E-state index in [1.54, 1.807) is 11.3 Å². The fourth-order valence-electron chi connectivity index (χ4n) is 1.94. The number of benzene rings is 1. The number of carbonyl (C=O) groups is 1. The van der Waals surface area contributed by atoms with Crippen molar-refractivity contribution in [2.45, 2.75) is 32.2 Å². The minimum atomic E-state index is -0.514. The maximum absolute atomic E-state index is 11.8. The summed E-state index contributed by atoms with van der Waals surface area (Å²) in [5.74, 6) is -0.378. The number of amides is 1. The van der Waals surface area contributed by atoms with E-state index in [0.29, 0.717) is 0 Å². The Morgan fingerprint density at radius 3 is 2.52 bits per heavy atom. The highest BCUT2D eigenvalue weighted by Crippen LogP contribution is 2.33. The first-order valence-corrected chi connectivity index (χ1v) is 8.30. The topological polar surface area (TPSA) is 55.1 Å². The zero-order chi connectivity index (χ0) is 15.6. The van der Waals surface area contributed by atoms with Gasteiger partial charge in [0.1, 0.15) is 6.04 Å². The predicted octanol–water partition coefficient (Wildman–Crippen LogP) is 4.45. The minimum absolute atomic E-state index is 0.0703. The number of primary amides is 1. The molecule has 0 bridgehead atoms. The van der Waals surface area contributed by atoms with Crippen molar-refractivity contribution in [2.75, 3.05) is 5.32 Å². The molecule has 5 heteroatoms. The van der Waals surface area contributed by atoms with Crippen molar-refractivity contribution in [3.63, 3.8) is 0 Å². The van der Waals surface area contributed by atoms with E-state index in [1.807, 2.05) is 30.3 Å². The summed E-state index contributed by atoms with van der Waals surface area (Å²) in [7, 11) is 0. The van der Waals surface area contributed by atoms with Crippen LogP contribution in [-0.4, -0.2) is 5.91 Å². The average molecular weight is 367 g/mol. The van der Waals surface area contributed by atoms with Gasteiger partial charge in [0.25, 0.3) is 0 Å². The van der Waals surface area contributed by atoms with Gasteiger partial charge in [0.15, 0.2) is 0 Å². The maximum atomic E-state index is 11.8. The Hall–Kier alpha value is -1.33. The van der Waals surface area contributed by atoms with Gasteiger partial charge in [0.05, 0.1) is 0 Å². The molecule has 2 rings (SSSR count). The summed E-state index contributed by atoms with van der Waals surface area (Å²) >= 11 is 5.05. The minimum Gasteiger partial charge on any atom is -0.369 e. The lowest BCUT2D eigenvalue weighted by molar-refractivity contribution is -0.118. The van der Waals surface area contributed by atoms with E-state index in [9.17, 15) is 4.79 Å². The van der Waals surface area contributed by atoms with Gasteiger partial charge in [0.2, 0.25) is 5.91 Å². The molecule has 1 aromatic carbocycles. The molecule has 0 aliphatic heterocycles. The lowest BCUT2D eigenvalue weighted by Gasteiger charge is -2.17. The molecule has 0 aliphatic carbocycles. The Kier molecular flexibility index (Phi) is 4.74. The molecule has 0 aliphatic rings. The van der Waals surface area contributed by atoms with Crippen LogP contribution in [0.1, 0.15) is 36.6 Å². The first kappa shape index (κ1) is 16.0. The van der Waals surface area contributed by atoms with Crippen LogP contribution in [0.25, 0.3) is 0 Å². The van der Waals surface area contributed by atoms with E-state index in [2.05, 4.69) is 48.1 Å². The van der Waals surface area contributed by atoms with E-state index in [4.69, 9.17) is 5.73 Å². The quantitative estimate of drug-likeness (QED) is 0.839. The summed E-state index contributed by atoms with van der Waals surface area (Å²) in [4.78, 5) is 14.0. The molecule has 1 atom stereocenters. The van der Waals surface area contributed by atoms with E-state index in [-0.39, 0.29) is 11.3 Å². The molecule has 0 fully saturated rings. The number of anilines is 1. The number of hydrogen-bond acceptors (Lipinski definition) is 3. The molecule has 0 saturated heterocycles. The summed E-state index contributed by atoms with van der Waals surface area (Å²) in [6, 6.07) is 11.2. The van der Waals surface area contributed by atoms with Gasteiger partial charge in [-0.3, -0.25) is 4.79 Å². The average Bonchev–Trinajstić information content (AvgIpc) is 2.84. The molecule has 21 heavy (non-hydrogen) atoms. The molecule has 112 valence electrons. The third-order valence-electron chi connectivity index (χ3n) is 3.07. The number of carbonyl (C=O) groups excluding carboxylic acids is 1. The van der Waals surface area contributed by atoms with Crippen LogP contribution in [0.5, 0.6) is 0 Å². The monoisotopic (exact) mass is 366 g/mol. The van der Waals surface area contributed by atoms with Crippen LogP contribution >= 0.6 is 27.3 Å². The fourth-order valence-corrected chi connectivity index (χ4v) is 3.46. The second kappa shape index (κ2) is 6.20. The molecule has 2 aromatic rings. The van der Waals surface area contributed by atoms with Crippen LogP contribution in [0.15, 0.2) is 40.9 Å². The third-order valence-corrected chi connectivity index (χ3v) is 5.14. The van der Waals surface area contributed by atoms with E-state index in [0.717, 1.165) is 15.0 Å². The lowest BCUT2D eigenvalue weighted by Crippen LogP contribution is -2.27. The van der Waals surface area contributed by atoms with Crippen LogP contribution in [0.2, 0.25) is 0 Å². The molecule has 1 heterocycles. The molecule has 0 spiro atoms. The normalized spacial score (nSPS) is 13.0. The van der Waals surface area contributed by atoms with Gasteiger partial charge in [-0.15, -0.1) is 11.3 Å². The molecule has 0 saturated carbocycles. The molecule has 1 aromatic heterocycles. The number of hydrogen-bond donors (Lipinski definition) is 2. The highest BCUT2D eigenvalue weighted by atomic mass is 79.9. The lowest BCUT2D eigenvalue weighted by atomic mass is 9.95. The van der Waals surface area contributed by atoms with Crippen molar-refractivity contribution in [1.82, 2.24) is 0 Å². The van der Waals surface area contributed by atoms with Crippen molar-refractivity contribution in [1.29, 1.82) is 0 Å². The van der Waals surface area contributed by atoms with Gasteiger partial charge in [-0.05, 0) is 35.7 Å². The molecular formula is C16H19BrN2OS. The van der Waals surface area contributed by atoms with Crippen LogP contribution < -0.4 is 11.1 Å². The van der Waals surface area contributed by atoms with Crippen LogP contribution in [0, 0.1) is 0 Å². The summed E-state index contributed by atoms with van der Waals surface area (Å²) < 4.78 is 0.956. The van der Waals surface area contributed by atoms with Gasteiger partial charge in [-0.1, -0.05) is 42.8 Å². The molecule has 0 radical (unpaired) electrons. The second-order valence-electron chi connectivity index (χ2n) is 5.94. The standard InChI is InChI=1S/C16H19BrN2OS/c1-16(2,3)13-8-7-12(21-13)14(15(18)20)19-11-6-4-5-10(17)9-11/h4-9,14,19H,1-3H3,(H2,18,20). The second-order valence-corrected chi connectivity index (χ2v) is 7.97. The Morgan fingerprint density at radius 2 is 2.00 bits per heavy atom. The third kappa shape index (κ3) is 4.08. The first-order chi connectivity index (χ1) is 9.77. The molecule has 1 amide bonds. The summed E-state index contributed by atoms with van der Waals surface area (Å²) in [5, 5.41) is 3.21. The Morgan fingerprint density at radius 1 is 1.29 bits per heavy atom. The smallest absolute Gasteiger partial charge is 0.245 e. The van der Waals surface area contributed by atoms with Gasteiger partial charge < -0.3 is 11.1 Å². The number of nitrogens with one attached hydrogen (secondary N) is 1. The van der Waals surface area contributed by atoms with Crippen molar-refractivity contribution < 1.29 is 4.79 Å². The molecular weight excluding hydrogens is 348 g/mol. The van der Waals surface area contributed by atoms with Crippen LogP contribution in [0.4, 0.5) is 5.69 Å². The summed E-state index contributed by atoms with van der Waals surface area (Å²) in [6.07, 6.45) is 0. The number of rotatable bonds is 4. The Bertz CT molecular complexity index is 646. The van der Waals surface area contributed by atoms with Crippen molar-refractivity contribution in [3.8, 4) is 0 Å². The van der Waals surface area contributed by atoms with E-state index >= 15 is 0 Å². The summed E-state index contributed by atoms with van der Waals surface area (Å²) in [5.41, 5.74) is 6.50. The number of halogens is 1. The predicted molar refractivity (Wildman–Crippen MR) is 92.7 cm³/mol. The number of nitrogens with two attached hydrogens (primary N) is 1. The van der Waals surface area contributed by atoms with E-state index in [1.165, 1.54) is 4.88 Å². The van der Waals surface area contributed by atoms with Gasteiger partial charge >= 0.3 is 0 Å². The fraction of sp³-hybridized carbons (Fsp3) is 0.312. The largest absolute Gasteiger partial charge is 0.369 e. The highest BCUT2D eigenvalue weighted by Gasteiger charge is 2.23. The maximum Gasteiger partial charge on any atom is 0.245 e. The van der Waals surface area contributed by atoms with Gasteiger partial charge in [0, 0.05) is 19.9 Å². The van der Waals surface area contributed by atoms with Crippen molar-refractivity contribution in [2.24, 2.45) is 5.73 Å². The van der Waals surface area contributed by atoms with Crippen molar-refractivity contribution >= 4 is 38.9 Å². The number of thiophene rings is 1. The first-order valence-electron chi connectivity index (χ1n) is 6.69. The molecule has 3 nitrogen and oxygen atoms in total. The van der Waals surface area contributed by atoms with E-state index < -0.39 is 6.04 Å². The van der Waals surface area contributed by atoms with Crippen LogP contribution in [-0.2, 0) is 10.2 Å².